The SMILES string of the molecule is c1ccc(C2=NC(c3ccccc3)NC(c3ccc(-c4nc5ccccc5c5c(-c6ccc7ccccc7c6)cccc45)cc3)=N2)cc1. The van der Waals surface area contributed by atoms with Crippen LogP contribution in [0.1, 0.15) is 22.9 Å². The van der Waals surface area contributed by atoms with Gasteiger partial charge in [0.2, 0.25) is 0 Å². The number of nitrogens with one attached hydrogen (secondary N) is 1. The first-order valence-corrected chi connectivity index (χ1v) is 16.2. The third kappa shape index (κ3) is 5.01. The van der Waals surface area contributed by atoms with Gasteiger partial charge in [-0.2, -0.15) is 0 Å². The topological polar surface area (TPSA) is 49.6 Å². The van der Waals surface area contributed by atoms with E-state index < -0.39 is 0 Å². The number of pyridine rings is 1. The Bertz CT molecular complexity index is 2520. The average molecular weight is 615 g/mol. The van der Waals surface area contributed by atoms with E-state index in [9.17, 15) is 0 Å². The van der Waals surface area contributed by atoms with Crippen LogP contribution >= 0.6 is 0 Å². The fourth-order valence-electron chi connectivity index (χ4n) is 6.72. The van der Waals surface area contributed by atoms with Gasteiger partial charge in [0.25, 0.3) is 0 Å². The number of hydrogen-bond donors (Lipinski definition) is 1. The number of aromatic nitrogens is 1. The third-order valence-electron chi connectivity index (χ3n) is 9.11. The van der Waals surface area contributed by atoms with Crippen molar-refractivity contribution in [2.24, 2.45) is 9.98 Å². The van der Waals surface area contributed by atoms with Crippen LogP contribution in [0.5, 0.6) is 0 Å². The van der Waals surface area contributed by atoms with Gasteiger partial charge in [-0.25, -0.2) is 15.0 Å². The summed E-state index contributed by atoms with van der Waals surface area (Å²) in [6, 6.07) is 59.3. The second-order valence-electron chi connectivity index (χ2n) is 12.1. The molecule has 1 aliphatic heterocycles. The molecule has 7 aromatic carbocycles. The summed E-state index contributed by atoms with van der Waals surface area (Å²) in [4.78, 5) is 15.2. The molecule has 0 fully saturated rings. The lowest BCUT2D eigenvalue weighted by atomic mass is 9.92. The van der Waals surface area contributed by atoms with Gasteiger partial charge in [-0.05, 0) is 39.6 Å². The lowest BCUT2D eigenvalue weighted by Crippen LogP contribution is -2.33. The van der Waals surface area contributed by atoms with E-state index in [1.807, 2.05) is 36.4 Å². The van der Waals surface area contributed by atoms with Crippen molar-refractivity contribution in [1.29, 1.82) is 0 Å². The van der Waals surface area contributed by atoms with Crippen LogP contribution in [0.15, 0.2) is 180 Å². The van der Waals surface area contributed by atoms with Crippen molar-refractivity contribution in [2.75, 3.05) is 0 Å². The quantitative estimate of drug-likeness (QED) is 0.196. The molecule has 48 heavy (non-hydrogen) atoms. The minimum Gasteiger partial charge on any atom is -0.344 e. The molecule has 9 rings (SSSR count). The van der Waals surface area contributed by atoms with Gasteiger partial charge >= 0.3 is 0 Å². The molecule has 1 unspecified atom stereocenters. The third-order valence-corrected chi connectivity index (χ3v) is 9.11. The molecule has 0 saturated carbocycles. The first-order chi connectivity index (χ1) is 23.8. The molecule has 1 N–H and O–H groups in total. The lowest BCUT2D eigenvalue weighted by molar-refractivity contribution is 0.674. The molecule has 2 heterocycles. The molecule has 0 amide bonds. The van der Waals surface area contributed by atoms with E-state index in [-0.39, 0.29) is 6.17 Å². The Kier molecular flexibility index (Phi) is 6.83. The second kappa shape index (κ2) is 11.8. The molecular formula is C44H30N4. The largest absolute Gasteiger partial charge is 0.344 e. The summed E-state index contributed by atoms with van der Waals surface area (Å²) in [5, 5.41) is 9.55. The molecule has 1 atom stereocenters. The highest BCUT2D eigenvalue weighted by atomic mass is 15.2. The Balaban J connectivity index is 1.15. The number of hydrogen-bond acceptors (Lipinski definition) is 4. The number of nitrogens with zero attached hydrogens (tertiary/aromatic N) is 3. The zero-order valence-electron chi connectivity index (χ0n) is 26.1. The fraction of sp³-hybridized carbons (Fsp3) is 0.0227. The zero-order valence-corrected chi connectivity index (χ0v) is 26.1. The number of benzene rings is 7. The maximum atomic E-state index is 5.24. The van der Waals surface area contributed by atoms with Gasteiger partial charge in [-0.3, -0.25) is 0 Å². The van der Waals surface area contributed by atoms with E-state index in [2.05, 4.69) is 139 Å². The molecule has 8 aromatic rings. The van der Waals surface area contributed by atoms with Gasteiger partial charge in [0.15, 0.2) is 5.84 Å². The summed E-state index contributed by atoms with van der Waals surface area (Å²) in [6.07, 6.45) is -0.242. The summed E-state index contributed by atoms with van der Waals surface area (Å²) in [7, 11) is 0. The van der Waals surface area contributed by atoms with Gasteiger partial charge in [0.05, 0.1) is 11.2 Å². The minimum absolute atomic E-state index is 0.242. The Morgan fingerprint density at radius 2 is 1.15 bits per heavy atom. The highest BCUT2D eigenvalue weighted by Gasteiger charge is 2.21. The second-order valence-corrected chi connectivity index (χ2v) is 12.1. The Morgan fingerprint density at radius 3 is 1.98 bits per heavy atom. The fourth-order valence-corrected chi connectivity index (χ4v) is 6.72. The molecule has 0 spiro atoms. The molecule has 0 saturated heterocycles. The number of fused-ring (bicyclic) bond motifs is 4. The Hall–Kier alpha value is -6.39. The van der Waals surface area contributed by atoms with E-state index in [4.69, 9.17) is 15.0 Å². The molecule has 4 heteroatoms. The predicted octanol–water partition coefficient (Wildman–Crippen LogP) is 10.4. The van der Waals surface area contributed by atoms with Gasteiger partial charge in [-0.15, -0.1) is 0 Å². The maximum Gasteiger partial charge on any atom is 0.159 e. The molecule has 4 nitrogen and oxygen atoms in total. The monoisotopic (exact) mass is 614 g/mol. The molecule has 1 aliphatic rings. The van der Waals surface area contributed by atoms with E-state index in [1.165, 1.54) is 27.3 Å². The van der Waals surface area contributed by atoms with Crippen molar-refractivity contribution in [3.05, 3.63) is 187 Å². The number of rotatable bonds is 5. The number of para-hydroxylation sites is 1. The minimum atomic E-state index is -0.242. The molecular weight excluding hydrogens is 585 g/mol. The van der Waals surface area contributed by atoms with Gasteiger partial charge < -0.3 is 5.32 Å². The van der Waals surface area contributed by atoms with Crippen molar-refractivity contribution in [1.82, 2.24) is 10.3 Å². The van der Waals surface area contributed by atoms with E-state index in [0.29, 0.717) is 5.84 Å². The van der Waals surface area contributed by atoms with Crippen molar-refractivity contribution in [3.63, 3.8) is 0 Å². The summed E-state index contributed by atoms with van der Waals surface area (Å²) in [6.45, 7) is 0. The number of amidine groups is 2. The lowest BCUT2D eigenvalue weighted by Gasteiger charge is -2.23. The highest BCUT2D eigenvalue weighted by molar-refractivity contribution is 6.17. The maximum absolute atomic E-state index is 5.24. The molecule has 0 radical (unpaired) electrons. The van der Waals surface area contributed by atoms with Crippen LogP contribution in [0.2, 0.25) is 0 Å². The zero-order chi connectivity index (χ0) is 31.9. The highest BCUT2D eigenvalue weighted by Crippen LogP contribution is 2.39. The van der Waals surface area contributed by atoms with E-state index >= 15 is 0 Å². The van der Waals surface area contributed by atoms with Crippen LogP contribution in [0, 0.1) is 0 Å². The van der Waals surface area contributed by atoms with Gasteiger partial charge in [0, 0.05) is 32.8 Å². The first kappa shape index (κ1) is 27.9. The molecule has 1 aromatic heterocycles. The van der Waals surface area contributed by atoms with Gasteiger partial charge in [-0.1, -0.05) is 158 Å². The van der Waals surface area contributed by atoms with Crippen LogP contribution in [0.3, 0.4) is 0 Å². The standard InChI is InChI=1S/C44H30N4/c1-3-13-31(14-4-1)42-46-43(32-15-5-2-6-16-32)48-44(47-42)33-25-23-30(24-26-33)41-38-20-11-19-36(40(38)37-18-9-10-21-39(37)45-41)35-27-22-29-12-7-8-17-34(29)28-35/h1-28,42H,(H,46,47,48). The van der Waals surface area contributed by atoms with Crippen molar-refractivity contribution in [2.45, 2.75) is 6.17 Å². The number of aliphatic imine (C=N–C) groups is 2. The average Bonchev–Trinajstić information content (AvgIpc) is 3.17. The molecule has 0 bridgehead atoms. The smallest absolute Gasteiger partial charge is 0.159 e. The summed E-state index contributed by atoms with van der Waals surface area (Å²) >= 11 is 0. The summed E-state index contributed by atoms with van der Waals surface area (Å²) in [5.41, 5.74) is 8.46. The summed E-state index contributed by atoms with van der Waals surface area (Å²) < 4.78 is 0. The normalized spacial score (nSPS) is 14.5. The Labute approximate surface area is 278 Å². The molecule has 0 aliphatic carbocycles. The first-order valence-electron chi connectivity index (χ1n) is 16.2. The van der Waals surface area contributed by atoms with Crippen LogP contribution < -0.4 is 5.32 Å². The van der Waals surface area contributed by atoms with Crippen LogP contribution in [0.25, 0.3) is 54.8 Å². The van der Waals surface area contributed by atoms with Gasteiger partial charge in [0.1, 0.15) is 12.0 Å². The van der Waals surface area contributed by atoms with Crippen LogP contribution in [0.4, 0.5) is 0 Å². The van der Waals surface area contributed by atoms with Crippen molar-refractivity contribution in [3.8, 4) is 22.4 Å². The van der Waals surface area contributed by atoms with E-state index in [0.717, 1.165) is 50.1 Å². The van der Waals surface area contributed by atoms with Crippen molar-refractivity contribution >= 4 is 44.1 Å². The van der Waals surface area contributed by atoms with Crippen molar-refractivity contribution < 1.29 is 0 Å². The van der Waals surface area contributed by atoms with Crippen LogP contribution in [-0.2, 0) is 0 Å². The molecule has 226 valence electrons. The predicted molar refractivity (Wildman–Crippen MR) is 199 cm³/mol. The summed E-state index contributed by atoms with van der Waals surface area (Å²) in [5.74, 6) is 1.50. The van der Waals surface area contributed by atoms with Crippen LogP contribution in [-0.4, -0.2) is 16.7 Å². The Morgan fingerprint density at radius 1 is 0.479 bits per heavy atom. The van der Waals surface area contributed by atoms with E-state index in [1.54, 1.807) is 0 Å².